The fourth-order valence-corrected chi connectivity index (χ4v) is 1.78. The van der Waals surface area contributed by atoms with Crippen LogP contribution in [-0.2, 0) is 4.79 Å². The smallest absolute Gasteiger partial charge is 0.326 e. The van der Waals surface area contributed by atoms with Crippen LogP contribution in [0, 0.1) is 0 Å². The Hall–Kier alpha value is -1.76. The van der Waals surface area contributed by atoms with Gasteiger partial charge in [-0.3, -0.25) is 9.78 Å². The number of carbonyl (C=O) groups is 2. The summed E-state index contributed by atoms with van der Waals surface area (Å²) in [5, 5.41) is 20.8. The van der Waals surface area contributed by atoms with E-state index in [1.165, 1.54) is 24.0 Å². The van der Waals surface area contributed by atoms with E-state index in [-0.39, 0.29) is 11.3 Å². The summed E-state index contributed by atoms with van der Waals surface area (Å²) in [5.74, 6) is -1.36. The maximum atomic E-state index is 11.8. The molecular weight excluding hydrogens is 256 g/mol. The number of hydrogen-bond donors (Lipinski definition) is 3. The van der Waals surface area contributed by atoms with E-state index in [0.717, 1.165) is 6.20 Å². The predicted octanol–water partition coefficient (Wildman–Crippen LogP) is 0.723. The third-order valence-electron chi connectivity index (χ3n) is 2.26. The van der Waals surface area contributed by atoms with Gasteiger partial charge < -0.3 is 15.5 Å². The van der Waals surface area contributed by atoms with Crippen molar-refractivity contribution in [3.8, 4) is 5.75 Å². The number of amides is 1. The Kier molecular flexibility index (Phi) is 5.44. The van der Waals surface area contributed by atoms with Crippen molar-refractivity contribution in [2.75, 3.05) is 12.0 Å². The Bertz CT molecular complexity index is 439. The first kappa shape index (κ1) is 14.3. The van der Waals surface area contributed by atoms with Gasteiger partial charge in [0, 0.05) is 6.20 Å². The van der Waals surface area contributed by atoms with Crippen LogP contribution in [0.4, 0.5) is 0 Å². The summed E-state index contributed by atoms with van der Waals surface area (Å²) in [5.41, 5.74) is 0.0143. The molecule has 7 heteroatoms. The maximum absolute atomic E-state index is 11.8. The molecule has 0 saturated heterocycles. The van der Waals surface area contributed by atoms with Gasteiger partial charge in [-0.2, -0.15) is 11.8 Å². The second-order valence-corrected chi connectivity index (χ2v) is 4.52. The summed E-state index contributed by atoms with van der Waals surface area (Å²) in [6, 6.07) is 0.371. The number of carbonyl (C=O) groups excluding carboxylic acids is 1. The SMILES string of the molecule is CSCCC(NC(=O)c1ccncc1O)C(=O)O. The van der Waals surface area contributed by atoms with Gasteiger partial charge in [-0.05, 0) is 24.5 Å². The molecule has 0 aromatic carbocycles. The Morgan fingerprint density at radius 1 is 1.56 bits per heavy atom. The van der Waals surface area contributed by atoms with E-state index in [2.05, 4.69) is 10.3 Å². The lowest BCUT2D eigenvalue weighted by Crippen LogP contribution is -2.41. The standard InChI is InChI=1S/C11H14N2O4S/c1-18-5-3-8(11(16)17)13-10(15)7-2-4-12-6-9(7)14/h2,4,6,8,14H,3,5H2,1H3,(H,13,15)(H,16,17). The predicted molar refractivity (Wildman–Crippen MR) is 67.8 cm³/mol. The first-order chi connectivity index (χ1) is 8.56. The van der Waals surface area contributed by atoms with E-state index < -0.39 is 17.9 Å². The molecule has 0 aliphatic rings. The van der Waals surface area contributed by atoms with Gasteiger partial charge in [0.2, 0.25) is 0 Å². The lowest BCUT2D eigenvalue weighted by molar-refractivity contribution is -0.139. The molecule has 98 valence electrons. The Labute approximate surface area is 108 Å². The van der Waals surface area contributed by atoms with Crippen molar-refractivity contribution in [2.24, 2.45) is 0 Å². The molecule has 0 fully saturated rings. The molecule has 1 aromatic heterocycles. The maximum Gasteiger partial charge on any atom is 0.326 e. The molecule has 6 nitrogen and oxygen atoms in total. The number of thioether (sulfide) groups is 1. The fraction of sp³-hybridized carbons (Fsp3) is 0.364. The number of aliphatic carboxylic acids is 1. The lowest BCUT2D eigenvalue weighted by atomic mass is 10.2. The monoisotopic (exact) mass is 270 g/mol. The van der Waals surface area contributed by atoms with Gasteiger partial charge in [0.15, 0.2) is 0 Å². The van der Waals surface area contributed by atoms with Crippen LogP contribution in [0.1, 0.15) is 16.8 Å². The Balaban J connectivity index is 2.72. The highest BCUT2D eigenvalue weighted by Crippen LogP contribution is 2.14. The van der Waals surface area contributed by atoms with Gasteiger partial charge in [0.25, 0.3) is 5.91 Å². The van der Waals surface area contributed by atoms with Crippen LogP contribution in [-0.4, -0.2) is 45.1 Å². The second-order valence-electron chi connectivity index (χ2n) is 3.54. The van der Waals surface area contributed by atoms with Crippen molar-refractivity contribution in [3.63, 3.8) is 0 Å². The van der Waals surface area contributed by atoms with E-state index in [4.69, 9.17) is 5.11 Å². The van der Waals surface area contributed by atoms with Gasteiger partial charge in [-0.1, -0.05) is 0 Å². The first-order valence-corrected chi connectivity index (χ1v) is 6.61. The zero-order valence-electron chi connectivity index (χ0n) is 9.79. The van der Waals surface area contributed by atoms with Crippen molar-refractivity contribution < 1.29 is 19.8 Å². The van der Waals surface area contributed by atoms with Crippen LogP contribution in [0.15, 0.2) is 18.5 Å². The number of aromatic nitrogens is 1. The van der Waals surface area contributed by atoms with Crippen LogP contribution in [0.25, 0.3) is 0 Å². The van der Waals surface area contributed by atoms with Crippen LogP contribution >= 0.6 is 11.8 Å². The lowest BCUT2D eigenvalue weighted by Gasteiger charge is -2.14. The highest BCUT2D eigenvalue weighted by Gasteiger charge is 2.21. The summed E-state index contributed by atoms with van der Waals surface area (Å²) in [6.07, 6.45) is 4.67. The molecule has 1 aromatic rings. The van der Waals surface area contributed by atoms with Gasteiger partial charge in [-0.15, -0.1) is 0 Å². The summed E-state index contributed by atoms with van der Waals surface area (Å²) < 4.78 is 0. The van der Waals surface area contributed by atoms with Crippen LogP contribution in [0.2, 0.25) is 0 Å². The van der Waals surface area contributed by atoms with Crippen molar-refractivity contribution in [3.05, 3.63) is 24.0 Å². The number of hydrogen-bond acceptors (Lipinski definition) is 5. The zero-order valence-corrected chi connectivity index (χ0v) is 10.6. The summed E-state index contributed by atoms with van der Waals surface area (Å²) in [6.45, 7) is 0. The van der Waals surface area contributed by atoms with Crippen molar-refractivity contribution >= 4 is 23.6 Å². The molecule has 0 spiro atoms. The van der Waals surface area contributed by atoms with Crippen LogP contribution < -0.4 is 5.32 Å². The van der Waals surface area contributed by atoms with Crippen molar-refractivity contribution in [1.29, 1.82) is 0 Å². The molecular formula is C11H14N2O4S. The number of nitrogens with one attached hydrogen (secondary N) is 1. The van der Waals surface area contributed by atoms with Gasteiger partial charge in [0.05, 0.1) is 11.8 Å². The van der Waals surface area contributed by atoms with Crippen molar-refractivity contribution in [1.82, 2.24) is 10.3 Å². The minimum absolute atomic E-state index is 0.0143. The number of carboxylic acids is 1. The topological polar surface area (TPSA) is 99.5 Å². The zero-order chi connectivity index (χ0) is 13.5. The molecule has 1 heterocycles. The molecule has 1 atom stereocenters. The molecule has 0 bridgehead atoms. The van der Waals surface area contributed by atoms with E-state index in [1.54, 1.807) is 0 Å². The highest BCUT2D eigenvalue weighted by molar-refractivity contribution is 7.98. The number of nitrogens with zero attached hydrogens (tertiary/aromatic N) is 1. The van der Waals surface area contributed by atoms with Crippen molar-refractivity contribution in [2.45, 2.75) is 12.5 Å². The summed E-state index contributed by atoms with van der Waals surface area (Å²) >= 11 is 1.50. The van der Waals surface area contributed by atoms with Crippen LogP contribution in [0.5, 0.6) is 5.75 Å². The van der Waals surface area contributed by atoms with E-state index >= 15 is 0 Å². The molecule has 0 radical (unpaired) electrons. The third kappa shape index (κ3) is 3.92. The minimum atomic E-state index is -1.09. The molecule has 0 saturated carbocycles. The molecule has 1 amide bonds. The second kappa shape index (κ2) is 6.85. The Morgan fingerprint density at radius 3 is 2.83 bits per heavy atom. The van der Waals surface area contributed by atoms with Gasteiger partial charge in [-0.25, -0.2) is 4.79 Å². The van der Waals surface area contributed by atoms with Gasteiger partial charge in [0.1, 0.15) is 11.8 Å². The molecule has 0 aliphatic carbocycles. The Morgan fingerprint density at radius 2 is 2.28 bits per heavy atom. The summed E-state index contributed by atoms with van der Waals surface area (Å²) in [4.78, 5) is 26.4. The number of rotatable bonds is 6. The quantitative estimate of drug-likeness (QED) is 0.704. The first-order valence-electron chi connectivity index (χ1n) is 5.22. The average Bonchev–Trinajstić information content (AvgIpc) is 2.34. The molecule has 1 rings (SSSR count). The van der Waals surface area contributed by atoms with Crippen LogP contribution in [0.3, 0.4) is 0 Å². The van der Waals surface area contributed by atoms with Gasteiger partial charge >= 0.3 is 5.97 Å². The number of pyridine rings is 1. The molecule has 1 unspecified atom stereocenters. The third-order valence-corrected chi connectivity index (χ3v) is 2.90. The highest BCUT2D eigenvalue weighted by atomic mass is 32.2. The van der Waals surface area contributed by atoms with E-state index in [1.807, 2.05) is 6.26 Å². The molecule has 3 N–H and O–H groups in total. The molecule has 0 aliphatic heterocycles. The van der Waals surface area contributed by atoms with E-state index in [0.29, 0.717) is 12.2 Å². The number of aromatic hydroxyl groups is 1. The largest absolute Gasteiger partial charge is 0.505 e. The number of carboxylic acid groups (broad SMARTS) is 1. The molecule has 18 heavy (non-hydrogen) atoms. The van der Waals surface area contributed by atoms with E-state index in [9.17, 15) is 14.7 Å². The average molecular weight is 270 g/mol. The fourth-order valence-electron chi connectivity index (χ4n) is 1.31. The normalized spacial score (nSPS) is 11.8. The summed E-state index contributed by atoms with van der Waals surface area (Å²) in [7, 11) is 0. The minimum Gasteiger partial charge on any atom is -0.505 e.